The van der Waals surface area contributed by atoms with E-state index in [-0.39, 0.29) is 5.92 Å². The Kier molecular flexibility index (Phi) is 4.39. The van der Waals surface area contributed by atoms with E-state index in [1.54, 1.807) is 6.07 Å². The maximum atomic E-state index is 11.0. The molecule has 1 heterocycles. The largest absolute Gasteiger partial charge is 0.457 e. The minimum Gasteiger partial charge on any atom is -0.457 e. The molecular weight excluding hydrogens is 296 g/mol. The zero-order chi connectivity index (χ0) is 17.3. The zero-order valence-corrected chi connectivity index (χ0v) is 14.6. The molecule has 0 aliphatic carbocycles. The third-order valence-corrected chi connectivity index (χ3v) is 4.20. The lowest BCUT2D eigenvalue weighted by Crippen LogP contribution is -2.04. The van der Waals surface area contributed by atoms with Gasteiger partial charge in [0.15, 0.2) is 12.0 Å². The van der Waals surface area contributed by atoms with E-state index in [0.717, 1.165) is 12.0 Å². The quantitative estimate of drug-likeness (QED) is 0.594. The molecule has 0 saturated carbocycles. The molecule has 0 atom stereocenters. The van der Waals surface area contributed by atoms with E-state index in [0.29, 0.717) is 5.76 Å². The molecule has 0 spiro atoms. The molecule has 0 amide bonds. The Hall–Kier alpha value is -2.61. The van der Waals surface area contributed by atoms with Crippen LogP contribution in [-0.4, -0.2) is 6.29 Å². The lowest BCUT2D eigenvalue weighted by atomic mass is 9.86. The molecule has 24 heavy (non-hydrogen) atoms. The minimum absolute atomic E-state index is 0.0177. The van der Waals surface area contributed by atoms with Gasteiger partial charge in [0.25, 0.3) is 0 Å². The van der Waals surface area contributed by atoms with Crippen molar-refractivity contribution in [2.75, 3.05) is 0 Å². The van der Waals surface area contributed by atoms with Gasteiger partial charge in [0.1, 0.15) is 5.76 Å². The highest BCUT2D eigenvalue weighted by Crippen LogP contribution is 2.34. The van der Waals surface area contributed by atoms with Crippen LogP contribution in [0.5, 0.6) is 0 Å². The number of carbonyl (C=O) groups excluding carboxylic acids is 1. The Morgan fingerprint density at radius 1 is 0.750 bits per heavy atom. The normalized spacial score (nSPS) is 11.0. The van der Waals surface area contributed by atoms with E-state index in [2.05, 4.69) is 64.1 Å². The van der Waals surface area contributed by atoms with Crippen molar-refractivity contribution in [1.29, 1.82) is 0 Å². The standard InChI is InChI=1S/C22H22O2/c1-14-7-15(2)10-18(9-14)22(21-6-5-20(13-23)24-21)19-11-16(3)8-17(4)12-19/h5-13,22H,1-4H3. The lowest BCUT2D eigenvalue weighted by molar-refractivity contribution is 0.109. The average Bonchev–Trinajstić information content (AvgIpc) is 2.94. The highest BCUT2D eigenvalue weighted by molar-refractivity contribution is 5.70. The predicted octanol–water partition coefficient (Wildman–Crippen LogP) is 5.51. The van der Waals surface area contributed by atoms with Crippen LogP contribution in [0.2, 0.25) is 0 Å². The summed E-state index contributed by atoms with van der Waals surface area (Å²) in [4.78, 5) is 11.0. The second-order valence-electron chi connectivity index (χ2n) is 6.63. The van der Waals surface area contributed by atoms with Gasteiger partial charge in [-0.1, -0.05) is 58.7 Å². The van der Waals surface area contributed by atoms with Gasteiger partial charge in [0.05, 0.1) is 5.92 Å². The Bertz CT molecular complexity index is 795. The third kappa shape index (κ3) is 3.33. The van der Waals surface area contributed by atoms with Gasteiger partial charge < -0.3 is 4.42 Å². The number of benzene rings is 2. The van der Waals surface area contributed by atoms with Gasteiger partial charge in [-0.25, -0.2) is 0 Å². The fourth-order valence-electron chi connectivity index (χ4n) is 3.46. The molecule has 0 aliphatic rings. The first-order valence-corrected chi connectivity index (χ1v) is 8.17. The molecule has 3 rings (SSSR count). The second kappa shape index (κ2) is 6.48. The van der Waals surface area contributed by atoms with Crippen molar-refractivity contribution in [3.8, 4) is 0 Å². The number of hydrogen-bond acceptors (Lipinski definition) is 2. The summed E-state index contributed by atoms with van der Waals surface area (Å²) in [5.41, 5.74) is 7.26. The summed E-state index contributed by atoms with van der Waals surface area (Å²) in [6, 6.07) is 16.8. The van der Waals surface area contributed by atoms with Crippen LogP contribution in [0, 0.1) is 27.7 Å². The summed E-state index contributed by atoms with van der Waals surface area (Å²) >= 11 is 0. The molecule has 0 bridgehead atoms. The molecule has 1 aromatic heterocycles. The molecule has 0 unspecified atom stereocenters. The van der Waals surface area contributed by atoms with E-state index in [1.807, 2.05) is 6.07 Å². The minimum atomic E-state index is -0.0177. The van der Waals surface area contributed by atoms with Gasteiger partial charge in [-0.2, -0.15) is 0 Å². The van der Waals surface area contributed by atoms with Crippen molar-refractivity contribution in [3.63, 3.8) is 0 Å². The van der Waals surface area contributed by atoms with Gasteiger partial charge in [0.2, 0.25) is 0 Å². The Morgan fingerprint density at radius 3 is 1.58 bits per heavy atom. The van der Waals surface area contributed by atoms with E-state index < -0.39 is 0 Å². The topological polar surface area (TPSA) is 30.2 Å². The SMILES string of the molecule is Cc1cc(C)cc(C(c2cc(C)cc(C)c2)c2ccc(C=O)o2)c1. The van der Waals surface area contributed by atoms with Crippen LogP contribution in [0.1, 0.15) is 55.6 Å². The van der Waals surface area contributed by atoms with Gasteiger partial charge in [-0.05, 0) is 51.0 Å². The molecule has 3 aromatic rings. The fourth-order valence-corrected chi connectivity index (χ4v) is 3.46. The molecule has 0 aliphatic heterocycles. The van der Waals surface area contributed by atoms with Crippen molar-refractivity contribution in [1.82, 2.24) is 0 Å². The average molecular weight is 318 g/mol. The third-order valence-electron chi connectivity index (χ3n) is 4.20. The summed E-state index contributed by atoms with van der Waals surface area (Å²) in [6.45, 7) is 8.42. The smallest absolute Gasteiger partial charge is 0.185 e. The van der Waals surface area contributed by atoms with Crippen molar-refractivity contribution >= 4 is 6.29 Å². The second-order valence-corrected chi connectivity index (χ2v) is 6.63. The van der Waals surface area contributed by atoms with Crippen molar-refractivity contribution in [2.24, 2.45) is 0 Å². The molecule has 0 saturated heterocycles. The van der Waals surface area contributed by atoms with Crippen molar-refractivity contribution < 1.29 is 9.21 Å². The first-order chi connectivity index (χ1) is 11.5. The first-order valence-electron chi connectivity index (χ1n) is 8.17. The van der Waals surface area contributed by atoms with Crippen LogP contribution in [0.25, 0.3) is 0 Å². The van der Waals surface area contributed by atoms with Gasteiger partial charge >= 0.3 is 0 Å². The molecule has 122 valence electrons. The van der Waals surface area contributed by atoms with E-state index in [9.17, 15) is 4.79 Å². The first kappa shape index (κ1) is 16.3. The fraction of sp³-hybridized carbons (Fsp3) is 0.227. The molecular formula is C22H22O2. The molecule has 2 nitrogen and oxygen atoms in total. The molecule has 0 fully saturated rings. The lowest BCUT2D eigenvalue weighted by Gasteiger charge is -2.18. The van der Waals surface area contributed by atoms with Crippen LogP contribution < -0.4 is 0 Å². The Morgan fingerprint density at radius 2 is 1.21 bits per heavy atom. The molecule has 0 radical (unpaired) electrons. The highest BCUT2D eigenvalue weighted by Gasteiger charge is 2.21. The number of carbonyl (C=O) groups is 1. The monoisotopic (exact) mass is 318 g/mol. The maximum absolute atomic E-state index is 11.0. The predicted molar refractivity (Wildman–Crippen MR) is 96.9 cm³/mol. The summed E-state index contributed by atoms with van der Waals surface area (Å²) in [7, 11) is 0. The summed E-state index contributed by atoms with van der Waals surface area (Å²) in [6.07, 6.45) is 0.754. The maximum Gasteiger partial charge on any atom is 0.185 e. The molecule has 2 aromatic carbocycles. The Labute approximate surface area is 143 Å². The van der Waals surface area contributed by atoms with Crippen LogP contribution in [0.4, 0.5) is 0 Å². The van der Waals surface area contributed by atoms with E-state index in [4.69, 9.17) is 4.42 Å². The van der Waals surface area contributed by atoms with Crippen LogP contribution in [0.3, 0.4) is 0 Å². The number of furan rings is 1. The molecule has 2 heteroatoms. The molecule has 0 N–H and O–H groups in total. The summed E-state index contributed by atoms with van der Waals surface area (Å²) < 4.78 is 5.80. The van der Waals surface area contributed by atoms with Crippen LogP contribution in [0.15, 0.2) is 52.9 Å². The summed E-state index contributed by atoms with van der Waals surface area (Å²) in [5, 5.41) is 0. The Balaban J connectivity index is 2.21. The zero-order valence-electron chi connectivity index (χ0n) is 14.6. The van der Waals surface area contributed by atoms with Crippen molar-refractivity contribution in [2.45, 2.75) is 33.6 Å². The highest BCUT2D eigenvalue weighted by atomic mass is 16.3. The number of aryl methyl sites for hydroxylation is 4. The summed E-state index contributed by atoms with van der Waals surface area (Å²) in [5.74, 6) is 1.15. The van der Waals surface area contributed by atoms with Gasteiger partial charge in [-0.15, -0.1) is 0 Å². The van der Waals surface area contributed by atoms with Gasteiger partial charge in [-0.3, -0.25) is 4.79 Å². The number of rotatable bonds is 4. The van der Waals surface area contributed by atoms with Gasteiger partial charge in [0, 0.05) is 0 Å². The van der Waals surface area contributed by atoms with Crippen molar-refractivity contribution in [3.05, 3.63) is 93.4 Å². The number of aldehydes is 1. The van der Waals surface area contributed by atoms with Crippen LogP contribution in [-0.2, 0) is 0 Å². The van der Waals surface area contributed by atoms with Crippen LogP contribution >= 0.6 is 0 Å². The number of hydrogen-bond donors (Lipinski definition) is 0. The van der Waals surface area contributed by atoms with E-state index >= 15 is 0 Å². The van der Waals surface area contributed by atoms with E-state index in [1.165, 1.54) is 33.4 Å².